The van der Waals surface area contributed by atoms with Crippen LogP contribution in [0.15, 0.2) is 18.2 Å². The molecule has 0 aliphatic carbocycles. The molecule has 0 radical (unpaired) electrons. The highest BCUT2D eigenvalue weighted by atomic mass is 19.1. The third-order valence-corrected chi connectivity index (χ3v) is 2.90. The second-order valence-corrected chi connectivity index (χ2v) is 4.26. The van der Waals surface area contributed by atoms with Gasteiger partial charge in [0.05, 0.1) is 0 Å². The van der Waals surface area contributed by atoms with Crippen molar-refractivity contribution in [2.75, 3.05) is 6.54 Å². The molecule has 0 bridgehead atoms. The zero-order chi connectivity index (χ0) is 13.1. The Hall–Kier alpha value is -1.95. The standard InChI is InChI=1S/C12H14FN3O2/c13-10-3-7(12(14)18)1-2-8(10)5-15-9-4-11(17)16-6-9/h1-3,9,15H,4-6H2,(H2,14,18)(H,16,17). The summed E-state index contributed by atoms with van der Waals surface area (Å²) in [7, 11) is 0. The second kappa shape index (κ2) is 5.14. The van der Waals surface area contributed by atoms with Crippen molar-refractivity contribution < 1.29 is 14.0 Å². The Morgan fingerprint density at radius 3 is 2.89 bits per heavy atom. The van der Waals surface area contributed by atoms with E-state index in [2.05, 4.69) is 10.6 Å². The maximum Gasteiger partial charge on any atom is 0.248 e. The van der Waals surface area contributed by atoms with Crippen LogP contribution >= 0.6 is 0 Å². The Morgan fingerprint density at radius 1 is 1.56 bits per heavy atom. The van der Waals surface area contributed by atoms with E-state index in [0.717, 1.165) is 6.07 Å². The van der Waals surface area contributed by atoms with Crippen LogP contribution in [0, 0.1) is 5.82 Å². The van der Waals surface area contributed by atoms with E-state index in [9.17, 15) is 14.0 Å². The summed E-state index contributed by atoms with van der Waals surface area (Å²) in [6.07, 6.45) is 0.404. The molecule has 5 nitrogen and oxygen atoms in total. The Balaban J connectivity index is 1.97. The normalized spacial score (nSPS) is 18.7. The van der Waals surface area contributed by atoms with E-state index >= 15 is 0 Å². The second-order valence-electron chi connectivity index (χ2n) is 4.26. The molecule has 0 saturated carbocycles. The summed E-state index contributed by atoms with van der Waals surface area (Å²) in [4.78, 5) is 21.8. The summed E-state index contributed by atoms with van der Waals surface area (Å²) in [6.45, 7) is 0.865. The highest BCUT2D eigenvalue weighted by Gasteiger charge is 2.20. The number of carbonyl (C=O) groups is 2. The number of benzene rings is 1. The molecule has 1 unspecified atom stereocenters. The first kappa shape index (κ1) is 12.5. The van der Waals surface area contributed by atoms with Gasteiger partial charge in [0, 0.05) is 36.7 Å². The van der Waals surface area contributed by atoms with Crippen molar-refractivity contribution in [1.29, 1.82) is 0 Å². The fraction of sp³-hybridized carbons (Fsp3) is 0.333. The lowest BCUT2D eigenvalue weighted by atomic mass is 10.1. The Kier molecular flexibility index (Phi) is 3.57. The van der Waals surface area contributed by atoms with Crippen LogP contribution in [0.5, 0.6) is 0 Å². The van der Waals surface area contributed by atoms with Crippen molar-refractivity contribution in [3.05, 3.63) is 35.1 Å². The summed E-state index contributed by atoms with van der Waals surface area (Å²) in [6, 6.07) is 4.15. The number of nitrogens with two attached hydrogens (primary N) is 1. The summed E-state index contributed by atoms with van der Waals surface area (Å²) in [5, 5.41) is 5.77. The van der Waals surface area contributed by atoms with E-state index in [1.54, 1.807) is 0 Å². The average Bonchev–Trinajstić information content (AvgIpc) is 2.73. The monoisotopic (exact) mass is 251 g/mol. The van der Waals surface area contributed by atoms with Crippen molar-refractivity contribution in [3.8, 4) is 0 Å². The highest BCUT2D eigenvalue weighted by molar-refractivity contribution is 5.92. The molecule has 2 rings (SSSR count). The molecular formula is C12H14FN3O2. The average molecular weight is 251 g/mol. The van der Waals surface area contributed by atoms with Crippen molar-refractivity contribution in [3.63, 3.8) is 0 Å². The minimum atomic E-state index is -0.654. The first-order valence-electron chi connectivity index (χ1n) is 5.64. The van der Waals surface area contributed by atoms with Crippen LogP contribution < -0.4 is 16.4 Å². The third kappa shape index (κ3) is 2.84. The van der Waals surface area contributed by atoms with Crippen LogP contribution in [0.2, 0.25) is 0 Å². The van der Waals surface area contributed by atoms with Gasteiger partial charge in [-0.2, -0.15) is 0 Å². The number of rotatable bonds is 4. The topological polar surface area (TPSA) is 84.2 Å². The molecule has 1 saturated heterocycles. The maximum atomic E-state index is 13.6. The van der Waals surface area contributed by atoms with Crippen LogP contribution in [0.1, 0.15) is 22.3 Å². The lowest BCUT2D eigenvalue weighted by Gasteiger charge is -2.11. The molecule has 1 heterocycles. The van der Waals surface area contributed by atoms with Gasteiger partial charge in [-0.25, -0.2) is 4.39 Å². The third-order valence-electron chi connectivity index (χ3n) is 2.90. The van der Waals surface area contributed by atoms with E-state index in [-0.39, 0.29) is 17.5 Å². The molecule has 1 fully saturated rings. The van der Waals surface area contributed by atoms with E-state index in [1.807, 2.05) is 0 Å². The molecule has 4 N–H and O–H groups in total. The molecular weight excluding hydrogens is 237 g/mol. The maximum absolute atomic E-state index is 13.6. The largest absolute Gasteiger partial charge is 0.366 e. The molecule has 2 amide bonds. The minimum Gasteiger partial charge on any atom is -0.366 e. The smallest absolute Gasteiger partial charge is 0.248 e. The number of hydrogen-bond acceptors (Lipinski definition) is 3. The van der Waals surface area contributed by atoms with Crippen LogP contribution in [0.25, 0.3) is 0 Å². The van der Waals surface area contributed by atoms with Gasteiger partial charge in [-0.3, -0.25) is 9.59 Å². The Morgan fingerprint density at radius 2 is 2.33 bits per heavy atom. The van der Waals surface area contributed by atoms with Crippen LogP contribution in [0.3, 0.4) is 0 Å². The van der Waals surface area contributed by atoms with Gasteiger partial charge >= 0.3 is 0 Å². The molecule has 6 heteroatoms. The molecule has 1 atom stereocenters. The molecule has 1 aromatic carbocycles. The molecule has 0 aromatic heterocycles. The van der Waals surface area contributed by atoms with Gasteiger partial charge in [-0.15, -0.1) is 0 Å². The van der Waals surface area contributed by atoms with E-state index in [0.29, 0.717) is 25.1 Å². The van der Waals surface area contributed by atoms with Crippen LogP contribution in [-0.4, -0.2) is 24.4 Å². The summed E-state index contributed by atoms with van der Waals surface area (Å²) < 4.78 is 13.6. The van der Waals surface area contributed by atoms with Crippen LogP contribution in [0.4, 0.5) is 4.39 Å². The number of halogens is 1. The molecule has 1 aliphatic rings. The van der Waals surface area contributed by atoms with Gasteiger partial charge in [0.1, 0.15) is 5.82 Å². The molecule has 0 spiro atoms. The summed E-state index contributed by atoms with van der Waals surface area (Å²) in [5.41, 5.74) is 5.65. The number of hydrogen-bond donors (Lipinski definition) is 3. The molecule has 18 heavy (non-hydrogen) atoms. The van der Waals surface area contributed by atoms with Crippen molar-refractivity contribution >= 4 is 11.8 Å². The van der Waals surface area contributed by atoms with Gasteiger partial charge in [0.25, 0.3) is 0 Å². The van der Waals surface area contributed by atoms with Gasteiger partial charge in [-0.1, -0.05) is 6.07 Å². The zero-order valence-corrected chi connectivity index (χ0v) is 9.70. The number of nitrogens with one attached hydrogen (secondary N) is 2. The SMILES string of the molecule is NC(=O)c1ccc(CNC2CNC(=O)C2)c(F)c1. The number of carbonyl (C=O) groups excluding carboxylic acids is 2. The lowest BCUT2D eigenvalue weighted by Crippen LogP contribution is -2.30. The molecule has 96 valence electrons. The molecule has 1 aromatic rings. The van der Waals surface area contributed by atoms with E-state index < -0.39 is 11.7 Å². The lowest BCUT2D eigenvalue weighted by molar-refractivity contribution is -0.119. The van der Waals surface area contributed by atoms with Crippen molar-refractivity contribution in [1.82, 2.24) is 10.6 Å². The number of amides is 2. The Bertz CT molecular complexity index is 490. The summed E-state index contributed by atoms with van der Waals surface area (Å²) >= 11 is 0. The van der Waals surface area contributed by atoms with E-state index in [1.165, 1.54) is 12.1 Å². The highest BCUT2D eigenvalue weighted by Crippen LogP contribution is 2.11. The van der Waals surface area contributed by atoms with Gasteiger partial charge in [0.15, 0.2) is 0 Å². The quantitative estimate of drug-likeness (QED) is 0.699. The fourth-order valence-electron chi connectivity index (χ4n) is 1.85. The zero-order valence-electron chi connectivity index (χ0n) is 9.70. The summed E-state index contributed by atoms with van der Waals surface area (Å²) in [5.74, 6) is -1.13. The predicted octanol–water partition coefficient (Wildman–Crippen LogP) is -0.0973. The first-order chi connectivity index (χ1) is 8.56. The van der Waals surface area contributed by atoms with Gasteiger partial charge in [0.2, 0.25) is 11.8 Å². The fourth-order valence-corrected chi connectivity index (χ4v) is 1.85. The number of primary amides is 1. The van der Waals surface area contributed by atoms with Crippen molar-refractivity contribution in [2.24, 2.45) is 5.73 Å². The Labute approximate surface area is 104 Å². The van der Waals surface area contributed by atoms with Gasteiger partial charge in [-0.05, 0) is 12.1 Å². The van der Waals surface area contributed by atoms with Gasteiger partial charge < -0.3 is 16.4 Å². The first-order valence-corrected chi connectivity index (χ1v) is 5.64. The van der Waals surface area contributed by atoms with Crippen molar-refractivity contribution in [2.45, 2.75) is 19.0 Å². The predicted molar refractivity (Wildman–Crippen MR) is 63.2 cm³/mol. The van der Waals surface area contributed by atoms with Crippen LogP contribution in [-0.2, 0) is 11.3 Å². The minimum absolute atomic E-state index is 0.00273. The molecule has 1 aliphatic heterocycles. The van der Waals surface area contributed by atoms with E-state index in [4.69, 9.17) is 5.73 Å².